The number of carbonyl (C=O) groups excluding carboxylic acids is 2. The lowest BCUT2D eigenvalue weighted by atomic mass is 10.4. The van der Waals surface area contributed by atoms with Crippen molar-refractivity contribution in [2.24, 2.45) is 0 Å². The summed E-state index contributed by atoms with van der Waals surface area (Å²) in [6, 6.07) is 0.745. The fourth-order valence-electron chi connectivity index (χ4n) is 2.53. The van der Waals surface area contributed by atoms with Gasteiger partial charge in [0.15, 0.2) is 8.32 Å². The van der Waals surface area contributed by atoms with Gasteiger partial charge >= 0.3 is 12.1 Å². The predicted molar refractivity (Wildman–Crippen MR) is 128 cm³/mol. The molecule has 0 aromatic carbocycles. The Hall–Kier alpha value is -0.946. The topological polar surface area (TPSA) is 92.3 Å². The Labute approximate surface area is 190 Å². The molecule has 0 radical (unpaired) electrons. The quantitative estimate of drug-likeness (QED) is 0.264. The minimum Gasteiger partial charge on any atom is -0.460 e. The van der Waals surface area contributed by atoms with Crippen LogP contribution in [-0.2, 0) is 28.2 Å². The lowest BCUT2D eigenvalue weighted by Gasteiger charge is -2.22. The van der Waals surface area contributed by atoms with Crippen molar-refractivity contribution in [2.75, 3.05) is 32.6 Å². The van der Waals surface area contributed by atoms with Gasteiger partial charge in [-0.2, -0.15) is 0 Å². The molecule has 0 aliphatic carbocycles. The number of hydrogen-bond acceptors (Lipinski definition) is 7. The molecule has 184 valence electrons. The Morgan fingerprint density at radius 1 is 0.871 bits per heavy atom. The molecule has 1 amide bonds. The van der Waals surface area contributed by atoms with Crippen molar-refractivity contribution < 1.29 is 33.0 Å². The molecule has 0 fully saturated rings. The van der Waals surface area contributed by atoms with E-state index >= 15 is 0 Å². The van der Waals surface area contributed by atoms with Crippen LogP contribution in [-0.4, -0.2) is 79.4 Å². The molecule has 1 N–H and O–H groups in total. The smallest absolute Gasteiger partial charge is 0.407 e. The first-order valence-corrected chi connectivity index (χ1v) is 18.0. The van der Waals surface area contributed by atoms with Crippen LogP contribution in [0.1, 0.15) is 34.1 Å². The van der Waals surface area contributed by atoms with E-state index < -0.39 is 22.5 Å². The maximum atomic E-state index is 12.0. The van der Waals surface area contributed by atoms with Crippen LogP contribution in [0.3, 0.4) is 0 Å². The fraction of sp³-hybridized carbons (Fsp3) is 0.905. The first kappa shape index (κ1) is 30.1. The Morgan fingerprint density at radius 3 is 2.03 bits per heavy atom. The zero-order valence-corrected chi connectivity index (χ0v) is 23.0. The van der Waals surface area contributed by atoms with Gasteiger partial charge in [-0.05, 0) is 46.8 Å². The highest BCUT2D eigenvalue weighted by molar-refractivity contribution is 6.76. The summed E-state index contributed by atoms with van der Waals surface area (Å²) in [5.74, 6) is -0.223. The third-order valence-electron chi connectivity index (χ3n) is 4.19. The average Bonchev–Trinajstić information content (AvgIpc) is 2.62. The van der Waals surface area contributed by atoms with Crippen LogP contribution in [0.5, 0.6) is 0 Å². The minimum atomic E-state index is -1.78. The van der Waals surface area contributed by atoms with Gasteiger partial charge in [0.1, 0.15) is 12.2 Å². The molecular formula is C21H45NO7Si2. The highest BCUT2D eigenvalue weighted by atomic mass is 28.4. The lowest BCUT2D eigenvalue weighted by molar-refractivity contribution is -0.151. The van der Waals surface area contributed by atoms with Gasteiger partial charge < -0.3 is 28.7 Å². The van der Waals surface area contributed by atoms with Crippen LogP contribution in [0.25, 0.3) is 0 Å². The van der Waals surface area contributed by atoms with Gasteiger partial charge in [0.2, 0.25) is 0 Å². The van der Waals surface area contributed by atoms with Gasteiger partial charge in [0.05, 0.1) is 34.0 Å². The standard InChI is InChI=1S/C21H45NO7Si2/c1-10-27-31(8,9)12-11-20(23)28-18(3)14-25-13-17(2)26-15-19(4)29-21(24)22-16-30(5,6)7/h17-19H,10-16H2,1-9H3,(H,22,24). The molecule has 0 aromatic rings. The summed E-state index contributed by atoms with van der Waals surface area (Å²) in [5.41, 5.74) is 0. The van der Waals surface area contributed by atoms with Crippen LogP contribution in [0.2, 0.25) is 38.8 Å². The van der Waals surface area contributed by atoms with E-state index in [1.807, 2.05) is 20.8 Å². The summed E-state index contributed by atoms with van der Waals surface area (Å²) in [7, 11) is -3.14. The number of alkyl carbamates (subject to hydrolysis) is 1. The molecule has 0 aliphatic rings. The number of carbonyl (C=O) groups is 2. The summed E-state index contributed by atoms with van der Waals surface area (Å²) in [5, 5.41) is 2.80. The number of hydrogen-bond donors (Lipinski definition) is 1. The highest BCUT2D eigenvalue weighted by Gasteiger charge is 2.24. The Bertz CT molecular complexity index is 526. The van der Waals surface area contributed by atoms with E-state index in [-0.39, 0.29) is 30.9 Å². The average molecular weight is 480 g/mol. The molecule has 3 unspecified atom stereocenters. The number of rotatable bonds is 16. The van der Waals surface area contributed by atoms with Crippen LogP contribution < -0.4 is 5.32 Å². The van der Waals surface area contributed by atoms with E-state index in [1.54, 1.807) is 6.92 Å². The maximum Gasteiger partial charge on any atom is 0.407 e. The molecule has 0 saturated carbocycles. The van der Waals surface area contributed by atoms with E-state index in [4.69, 9.17) is 23.4 Å². The molecule has 0 aliphatic heterocycles. The van der Waals surface area contributed by atoms with E-state index in [9.17, 15) is 9.59 Å². The molecule has 31 heavy (non-hydrogen) atoms. The van der Waals surface area contributed by atoms with Crippen molar-refractivity contribution in [2.45, 2.75) is 91.2 Å². The van der Waals surface area contributed by atoms with E-state index in [1.165, 1.54) is 0 Å². The van der Waals surface area contributed by atoms with Gasteiger partial charge in [-0.15, -0.1) is 0 Å². The predicted octanol–water partition coefficient (Wildman–Crippen LogP) is 3.96. The summed E-state index contributed by atoms with van der Waals surface area (Å²) in [6.45, 7) is 19.8. The van der Waals surface area contributed by atoms with Gasteiger partial charge in [-0.1, -0.05) is 19.6 Å². The molecule has 0 saturated heterocycles. The molecule has 0 rings (SSSR count). The monoisotopic (exact) mass is 479 g/mol. The van der Waals surface area contributed by atoms with Gasteiger partial charge in [-0.3, -0.25) is 4.79 Å². The van der Waals surface area contributed by atoms with Gasteiger partial charge in [-0.25, -0.2) is 4.79 Å². The molecule has 8 nitrogen and oxygen atoms in total. The molecule has 0 spiro atoms. The second-order valence-corrected chi connectivity index (χ2v) is 19.6. The zero-order chi connectivity index (χ0) is 24.1. The summed E-state index contributed by atoms with van der Waals surface area (Å²) in [4.78, 5) is 23.8. The summed E-state index contributed by atoms with van der Waals surface area (Å²) in [6.07, 6.45) is -0.213. The van der Waals surface area contributed by atoms with Gasteiger partial charge in [0.25, 0.3) is 0 Å². The summed E-state index contributed by atoms with van der Waals surface area (Å²) < 4.78 is 27.7. The van der Waals surface area contributed by atoms with E-state index in [0.29, 0.717) is 32.4 Å². The molecule has 3 atom stereocenters. The van der Waals surface area contributed by atoms with Crippen molar-refractivity contribution in [3.63, 3.8) is 0 Å². The maximum absolute atomic E-state index is 12.0. The Balaban J connectivity index is 3.93. The third-order valence-corrected chi connectivity index (χ3v) is 7.95. The largest absolute Gasteiger partial charge is 0.460 e. The number of ether oxygens (including phenoxy) is 4. The second kappa shape index (κ2) is 15.0. The number of amides is 1. The molecule has 0 aromatic heterocycles. The number of esters is 1. The molecule has 10 heteroatoms. The van der Waals surface area contributed by atoms with Crippen molar-refractivity contribution >= 4 is 28.5 Å². The first-order chi connectivity index (χ1) is 14.2. The minimum absolute atomic E-state index is 0.169. The zero-order valence-electron chi connectivity index (χ0n) is 21.0. The highest BCUT2D eigenvalue weighted by Crippen LogP contribution is 2.14. The van der Waals surface area contributed by atoms with Crippen molar-refractivity contribution in [3.8, 4) is 0 Å². The molecule has 0 heterocycles. The van der Waals surface area contributed by atoms with Gasteiger partial charge in [0, 0.05) is 19.2 Å². The van der Waals surface area contributed by atoms with Crippen LogP contribution in [0.4, 0.5) is 4.79 Å². The third kappa shape index (κ3) is 18.3. The normalized spacial score (nSPS) is 15.1. The van der Waals surface area contributed by atoms with Crippen LogP contribution in [0.15, 0.2) is 0 Å². The summed E-state index contributed by atoms with van der Waals surface area (Å²) >= 11 is 0. The van der Waals surface area contributed by atoms with Crippen molar-refractivity contribution in [1.82, 2.24) is 5.32 Å². The first-order valence-electron chi connectivity index (χ1n) is 11.2. The number of nitrogens with one attached hydrogen (secondary N) is 1. The van der Waals surface area contributed by atoms with Crippen LogP contribution >= 0.6 is 0 Å². The fourth-order valence-corrected chi connectivity index (χ4v) is 4.93. The Morgan fingerprint density at radius 2 is 1.45 bits per heavy atom. The second-order valence-electron chi connectivity index (χ2n) is 9.80. The van der Waals surface area contributed by atoms with E-state index in [2.05, 4.69) is 38.1 Å². The molecular weight excluding hydrogens is 434 g/mol. The van der Waals surface area contributed by atoms with Crippen molar-refractivity contribution in [1.29, 1.82) is 0 Å². The molecule has 0 bridgehead atoms. The lowest BCUT2D eigenvalue weighted by Crippen LogP contribution is -2.41. The van der Waals surface area contributed by atoms with Crippen molar-refractivity contribution in [3.05, 3.63) is 0 Å². The van der Waals surface area contributed by atoms with Crippen LogP contribution in [0, 0.1) is 0 Å². The Kier molecular flexibility index (Phi) is 14.5. The SMILES string of the molecule is CCO[Si](C)(C)CCC(=O)OC(C)COCC(C)OCC(C)OC(=O)NC[Si](C)(C)C. The van der Waals surface area contributed by atoms with E-state index in [0.717, 1.165) is 6.04 Å².